The summed E-state index contributed by atoms with van der Waals surface area (Å²) in [6.07, 6.45) is 3.20. The van der Waals surface area contributed by atoms with Crippen LogP contribution in [0.3, 0.4) is 0 Å². The van der Waals surface area contributed by atoms with Gasteiger partial charge in [0.15, 0.2) is 0 Å². The van der Waals surface area contributed by atoms with E-state index in [0.29, 0.717) is 25.7 Å². The molecule has 4 nitrogen and oxygen atoms in total. The van der Waals surface area contributed by atoms with Gasteiger partial charge in [-0.1, -0.05) is 33.6 Å². The number of carbonyl (C=O) groups is 2. The lowest BCUT2D eigenvalue weighted by Gasteiger charge is -2.33. The normalized spacial score (nSPS) is 14.5. The van der Waals surface area contributed by atoms with Crippen LogP contribution in [0.15, 0.2) is 0 Å². The van der Waals surface area contributed by atoms with Crippen LogP contribution in [-0.2, 0) is 9.59 Å². The van der Waals surface area contributed by atoms with Gasteiger partial charge in [0, 0.05) is 51.9 Å². The molecule has 0 N–H and O–H groups in total. The maximum Gasteiger partial charge on any atom is 0.222 e. The number of carbonyl (C=O) groups excluding carboxylic acids is 2. The van der Waals surface area contributed by atoms with E-state index in [1.165, 1.54) is 0 Å². The monoisotopic (exact) mass is 308 g/mol. The number of hydrogen-bond acceptors (Lipinski definition) is 3. The Hall–Kier alpha value is -1.34. The molecule has 0 saturated carbocycles. The van der Waals surface area contributed by atoms with Crippen molar-refractivity contribution >= 4 is 11.7 Å². The molecule has 1 fully saturated rings. The quantitative estimate of drug-likeness (QED) is 0.708. The molecule has 0 aliphatic carbocycles. The Morgan fingerprint density at radius 2 is 1.59 bits per heavy atom. The van der Waals surface area contributed by atoms with Crippen LogP contribution in [0, 0.1) is 11.8 Å². The van der Waals surface area contributed by atoms with Crippen LogP contribution in [0.2, 0.25) is 0 Å². The molecular weight excluding hydrogens is 276 g/mol. The van der Waals surface area contributed by atoms with Crippen LogP contribution in [0.1, 0.15) is 59.8 Å². The summed E-state index contributed by atoms with van der Waals surface area (Å²) in [6.45, 7) is 12.1. The third kappa shape index (κ3) is 8.84. The molecule has 1 aliphatic rings. The standard InChI is InChI=1S/C16H26N2O2.C2H6/c1-3-5-6-10-17-11-13-18(14-12-17)16(20)9-7-8-15(19)4-2;1-2/h3-4,7-14H2,1-2H3;1-2H3. The van der Waals surface area contributed by atoms with Crippen molar-refractivity contribution in [1.82, 2.24) is 9.80 Å². The largest absolute Gasteiger partial charge is 0.340 e. The average molecular weight is 308 g/mol. The smallest absolute Gasteiger partial charge is 0.222 e. The minimum atomic E-state index is 0.188. The van der Waals surface area contributed by atoms with Gasteiger partial charge in [0.2, 0.25) is 5.91 Å². The first kappa shape index (κ1) is 20.7. The van der Waals surface area contributed by atoms with Gasteiger partial charge < -0.3 is 4.90 Å². The van der Waals surface area contributed by atoms with E-state index in [9.17, 15) is 9.59 Å². The molecule has 1 rings (SSSR count). The average Bonchev–Trinajstić information content (AvgIpc) is 2.57. The minimum absolute atomic E-state index is 0.188. The van der Waals surface area contributed by atoms with E-state index in [1.54, 1.807) is 0 Å². The van der Waals surface area contributed by atoms with E-state index in [2.05, 4.69) is 16.7 Å². The number of hydrogen-bond donors (Lipinski definition) is 0. The first-order valence-corrected chi connectivity index (χ1v) is 8.64. The van der Waals surface area contributed by atoms with Crippen molar-refractivity contribution in [2.24, 2.45) is 0 Å². The molecule has 0 atom stereocenters. The van der Waals surface area contributed by atoms with Crippen molar-refractivity contribution in [3.05, 3.63) is 0 Å². The van der Waals surface area contributed by atoms with E-state index >= 15 is 0 Å². The fraction of sp³-hybridized carbons (Fsp3) is 0.778. The van der Waals surface area contributed by atoms with Gasteiger partial charge in [0.1, 0.15) is 5.78 Å². The Balaban J connectivity index is 0.00000211. The van der Waals surface area contributed by atoms with Crippen molar-refractivity contribution in [3.8, 4) is 11.8 Å². The topological polar surface area (TPSA) is 40.6 Å². The molecule has 126 valence electrons. The molecule has 1 aliphatic heterocycles. The van der Waals surface area contributed by atoms with Crippen molar-refractivity contribution in [1.29, 1.82) is 0 Å². The Labute approximate surface area is 136 Å². The lowest BCUT2D eigenvalue weighted by Crippen LogP contribution is -2.48. The molecule has 0 radical (unpaired) electrons. The molecule has 22 heavy (non-hydrogen) atoms. The van der Waals surface area contributed by atoms with Crippen LogP contribution in [-0.4, -0.2) is 54.2 Å². The number of Topliss-reactive ketones (excluding diaryl/α,β-unsaturated/α-hetero) is 1. The van der Waals surface area contributed by atoms with E-state index in [-0.39, 0.29) is 11.7 Å². The first-order chi connectivity index (χ1) is 10.7. The highest BCUT2D eigenvalue weighted by Crippen LogP contribution is 2.07. The molecule has 0 bridgehead atoms. The van der Waals surface area contributed by atoms with Crippen LogP contribution in [0.25, 0.3) is 0 Å². The molecule has 1 heterocycles. The van der Waals surface area contributed by atoms with Gasteiger partial charge >= 0.3 is 0 Å². The summed E-state index contributed by atoms with van der Waals surface area (Å²) in [5, 5.41) is 0. The second-order valence-corrected chi connectivity index (χ2v) is 5.11. The van der Waals surface area contributed by atoms with Gasteiger partial charge in [-0.25, -0.2) is 0 Å². The van der Waals surface area contributed by atoms with Gasteiger partial charge in [-0.15, -0.1) is 5.92 Å². The minimum Gasteiger partial charge on any atom is -0.340 e. The van der Waals surface area contributed by atoms with Crippen LogP contribution in [0.4, 0.5) is 0 Å². The van der Waals surface area contributed by atoms with Crippen LogP contribution < -0.4 is 0 Å². The third-order valence-electron chi connectivity index (χ3n) is 3.57. The fourth-order valence-corrected chi connectivity index (χ4v) is 2.22. The van der Waals surface area contributed by atoms with Crippen molar-refractivity contribution < 1.29 is 9.59 Å². The highest BCUT2D eigenvalue weighted by molar-refractivity contribution is 5.80. The first-order valence-electron chi connectivity index (χ1n) is 8.64. The lowest BCUT2D eigenvalue weighted by molar-refractivity contribution is -0.133. The van der Waals surface area contributed by atoms with E-state index in [0.717, 1.165) is 39.1 Å². The molecule has 0 aromatic carbocycles. The Kier molecular flexibility index (Phi) is 12.5. The summed E-state index contributed by atoms with van der Waals surface area (Å²) in [4.78, 5) is 27.4. The highest BCUT2D eigenvalue weighted by Gasteiger charge is 2.20. The maximum atomic E-state index is 12.0. The molecule has 4 heteroatoms. The molecule has 1 saturated heterocycles. The molecule has 0 unspecified atom stereocenters. The number of nitrogens with zero attached hydrogens (tertiary/aromatic N) is 2. The van der Waals surface area contributed by atoms with Crippen molar-refractivity contribution in [2.45, 2.75) is 59.8 Å². The molecule has 0 spiro atoms. The Morgan fingerprint density at radius 1 is 0.955 bits per heavy atom. The van der Waals surface area contributed by atoms with Gasteiger partial charge in [-0.3, -0.25) is 14.5 Å². The molecule has 0 aromatic rings. The predicted octanol–water partition coefficient (Wildman–Crippen LogP) is 2.72. The van der Waals surface area contributed by atoms with E-state index in [1.807, 2.05) is 32.6 Å². The zero-order chi connectivity index (χ0) is 16.8. The Morgan fingerprint density at radius 3 is 2.14 bits per heavy atom. The SMILES string of the molecule is CC.CCC#CCN1CCN(C(=O)CCCC(=O)CC)CC1. The summed E-state index contributed by atoms with van der Waals surface area (Å²) < 4.78 is 0. The highest BCUT2D eigenvalue weighted by atomic mass is 16.2. The van der Waals surface area contributed by atoms with Crippen LogP contribution >= 0.6 is 0 Å². The van der Waals surface area contributed by atoms with Gasteiger partial charge in [0.05, 0.1) is 6.54 Å². The predicted molar refractivity (Wildman–Crippen MR) is 91.6 cm³/mol. The maximum absolute atomic E-state index is 12.0. The summed E-state index contributed by atoms with van der Waals surface area (Å²) >= 11 is 0. The second kappa shape index (κ2) is 13.3. The molecule has 0 aromatic heterocycles. The number of amides is 1. The molecule has 1 amide bonds. The van der Waals surface area contributed by atoms with Gasteiger partial charge in [-0.2, -0.15) is 0 Å². The zero-order valence-corrected chi connectivity index (χ0v) is 14.8. The number of ketones is 1. The van der Waals surface area contributed by atoms with Gasteiger partial charge in [-0.05, 0) is 6.42 Å². The lowest BCUT2D eigenvalue weighted by atomic mass is 10.1. The second-order valence-electron chi connectivity index (χ2n) is 5.11. The zero-order valence-electron chi connectivity index (χ0n) is 14.8. The van der Waals surface area contributed by atoms with Crippen LogP contribution in [0.5, 0.6) is 0 Å². The van der Waals surface area contributed by atoms with Crippen molar-refractivity contribution in [2.75, 3.05) is 32.7 Å². The van der Waals surface area contributed by atoms with Gasteiger partial charge in [0.25, 0.3) is 0 Å². The third-order valence-corrected chi connectivity index (χ3v) is 3.57. The molecular formula is C18H32N2O2. The summed E-state index contributed by atoms with van der Waals surface area (Å²) in [5.74, 6) is 6.64. The summed E-state index contributed by atoms with van der Waals surface area (Å²) in [5.41, 5.74) is 0. The summed E-state index contributed by atoms with van der Waals surface area (Å²) in [7, 11) is 0. The number of rotatable bonds is 6. The fourth-order valence-electron chi connectivity index (χ4n) is 2.22. The summed E-state index contributed by atoms with van der Waals surface area (Å²) in [6, 6.07) is 0. The Bertz CT molecular complexity index is 374. The van der Waals surface area contributed by atoms with Crippen molar-refractivity contribution in [3.63, 3.8) is 0 Å². The van der Waals surface area contributed by atoms with E-state index < -0.39 is 0 Å². The number of piperazine rings is 1. The van der Waals surface area contributed by atoms with E-state index in [4.69, 9.17) is 0 Å².